The lowest BCUT2D eigenvalue weighted by Crippen LogP contribution is -2.51. The van der Waals surface area contributed by atoms with Gasteiger partial charge in [-0.3, -0.25) is 9.48 Å². The normalized spacial score (nSPS) is 22.5. The lowest BCUT2D eigenvalue weighted by atomic mass is 9.92. The number of halogens is 2. The van der Waals surface area contributed by atoms with E-state index in [1.165, 1.54) is 0 Å². The smallest absolute Gasteiger partial charge is 0.247 e. The molecule has 0 spiro atoms. The summed E-state index contributed by atoms with van der Waals surface area (Å²) < 4.78 is 1.82. The first-order valence-electron chi connectivity index (χ1n) is 7.47. The average Bonchev–Trinajstić information content (AvgIpc) is 2.75. The fourth-order valence-electron chi connectivity index (χ4n) is 3.15. The molecule has 0 saturated carbocycles. The van der Waals surface area contributed by atoms with Crippen LogP contribution in [0.3, 0.4) is 0 Å². The summed E-state index contributed by atoms with van der Waals surface area (Å²) in [4.78, 5) is 14.7. The highest BCUT2D eigenvalue weighted by atomic mass is 35.5. The SMILES string of the molecule is Cc1cc(C)n(C(C)C(=O)N2CCC(C)CC2CN)n1.Cl.Cl. The van der Waals surface area contributed by atoms with E-state index in [-0.39, 0.29) is 42.8 Å². The van der Waals surface area contributed by atoms with E-state index in [2.05, 4.69) is 12.0 Å². The van der Waals surface area contributed by atoms with Crippen LogP contribution in [0.25, 0.3) is 0 Å². The second-order valence-electron chi connectivity index (χ2n) is 6.10. The highest BCUT2D eigenvalue weighted by Crippen LogP contribution is 2.25. The average molecular weight is 351 g/mol. The highest BCUT2D eigenvalue weighted by molar-refractivity contribution is 5.85. The summed E-state index contributed by atoms with van der Waals surface area (Å²) >= 11 is 0. The van der Waals surface area contributed by atoms with E-state index >= 15 is 0 Å². The third kappa shape index (κ3) is 4.37. The van der Waals surface area contributed by atoms with Crippen LogP contribution < -0.4 is 5.73 Å². The number of rotatable bonds is 3. The van der Waals surface area contributed by atoms with Gasteiger partial charge in [-0.1, -0.05) is 6.92 Å². The number of aromatic nitrogens is 2. The number of carbonyl (C=O) groups excluding carboxylic acids is 1. The van der Waals surface area contributed by atoms with Crippen molar-refractivity contribution in [3.8, 4) is 0 Å². The van der Waals surface area contributed by atoms with Gasteiger partial charge < -0.3 is 10.6 Å². The molecular weight excluding hydrogens is 323 g/mol. The first-order valence-corrected chi connectivity index (χ1v) is 7.47. The van der Waals surface area contributed by atoms with Gasteiger partial charge in [0.05, 0.1) is 5.69 Å². The molecular formula is C15H28Cl2N4O. The van der Waals surface area contributed by atoms with E-state index in [1.807, 2.05) is 36.4 Å². The zero-order valence-corrected chi connectivity index (χ0v) is 15.4. The second-order valence-corrected chi connectivity index (χ2v) is 6.10. The summed E-state index contributed by atoms with van der Waals surface area (Å²) in [6.45, 7) is 9.45. The molecule has 0 radical (unpaired) electrons. The van der Waals surface area contributed by atoms with Crippen molar-refractivity contribution in [3.63, 3.8) is 0 Å². The maximum absolute atomic E-state index is 12.7. The van der Waals surface area contributed by atoms with Crippen LogP contribution in [0.2, 0.25) is 0 Å². The van der Waals surface area contributed by atoms with Gasteiger partial charge in [-0.05, 0) is 45.6 Å². The fourth-order valence-corrected chi connectivity index (χ4v) is 3.15. The van der Waals surface area contributed by atoms with Gasteiger partial charge >= 0.3 is 0 Å². The molecule has 1 fully saturated rings. The maximum atomic E-state index is 12.7. The lowest BCUT2D eigenvalue weighted by molar-refractivity contribution is -0.138. The van der Waals surface area contributed by atoms with Crippen molar-refractivity contribution in [3.05, 3.63) is 17.5 Å². The number of hydrogen-bond donors (Lipinski definition) is 1. The molecule has 1 saturated heterocycles. The van der Waals surface area contributed by atoms with Gasteiger partial charge in [-0.2, -0.15) is 5.10 Å². The molecule has 1 aliphatic rings. The molecule has 0 bridgehead atoms. The standard InChI is InChI=1S/C15H26N4O.2ClH/c1-10-5-6-18(14(7-10)9-16)15(20)13(4)19-12(3)8-11(2)17-19;;/h8,10,13-14H,5-7,9,16H2,1-4H3;2*1H. The molecule has 5 nitrogen and oxygen atoms in total. The predicted molar refractivity (Wildman–Crippen MR) is 93.9 cm³/mol. The van der Waals surface area contributed by atoms with Crippen molar-refractivity contribution in [2.45, 2.75) is 52.6 Å². The van der Waals surface area contributed by atoms with Crippen molar-refractivity contribution >= 4 is 30.7 Å². The minimum absolute atomic E-state index is 0. The Balaban J connectivity index is 0.00000220. The number of amides is 1. The van der Waals surface area contributed by atoms with E-state index < -0.39 is 0 Å². The number of aryl methyl sites for hydroxylation is 2. The Morgan fingerprint density at radius 2 is 2.09 bits per heavy atom. The van der Waals surface area contributed by atoms with Gasteiger partial charge in [0, 0.05) is 24.8 Å². The fraction of sp³-hybridized carbons (Fsp3) is 0.733. The van der Waals surface area contributed by atoms with Crippen LogP contribution in [0.4, 0.5) is 0 Å². The largest absolute Gasteiger partial charge is 0.337 e. The Labute approximate surface area is 145 Å². The van der Waals surface area contributed by atoms with Crippen molar-refractivity contribution in [2.75, 3.05) is 13.1 Å². The van der Waals surface area contributed by atoms with Crippen LogP contribution in [0.5, 0.6) is 0 Å². The van der Waals surface area contributed by atoms with Crippen LogP contribution in [-0.4, -0.2) is 39.7 Å². The number of likely N-dealkylation sites (tertiary alicyclic amines) is 1. The molecule has 2 heterocycles. The number of piperidine rings is 1. The van der Waals surface area contributed by atoms with Gasteiger partial charge in [-0.25, -0.2) is 0 Å². The van der Waals surface area contributed by atoms with Gasteiger partial charge in [0.2, 0.25) is 5.91 Å². The molecule has 1 aromatic rings. The summed E-state index contributed by atoms with van der Waals surface area (Å²) in [5, 5.41) is 4.43. The Kier molecular flexibility index (Phi) is 8.44. The quantitative estimate of drug-likeness (QED) is 0.910. The molecule has 2 N–H and O–H groups in total. The molecule has 3 unspecified atom stereocenters. The van der Waals surface area contributed by atoms with Gasteiger partial charge in [0.25, 0.3) is 0 Å². The van der Waals surface area contributed by atoms with Crippen LogP contribution >= 0.6 is 24.8 Å². The molecule has 1 aromatic heterocycles. The summed E-state index contributed by atoms with van der Waals surface area (Å²) in [7, 11) is 0. The molecule has 2 rings (SSSR count). The van der Waals surface area contributed by atoms with Crippen molar-refractivity contribution in [1.29, 1.82) is 0 Å². The third-order valence-electron chi connectivity index (χ3n) is 4.30. The maximum Gasteiger partial charge on any atom is 0.247 e. The first kappa shape index (κ1) is 21.2. The number of nitrogens with zero attached hydrogens (tertiary/aromatic N) is 3. The second kappa shape index (κ2) is 8.75. The van der Waals surface area contributed by atoms with Gasteiger partial charge in [-0.15, -0.1) is 24.8 Å². The minimum atomic E-state index is -0.258. The molecule has 22 heavy (non-hydrogen) atoms. The Morgan fingerprint density at radius 3 is 2.59 bits per heavy atom. The van der Waals surface area contributed by atoms with Crippen molar-refractivity contribution < 1.29 is 4.79 Å². The summed E-state index contributed by atoms with van der Waals surface area (Å²) in [6, 6.07) is 1.92. The minimum Gasteiger partial charge on any atom is -0.337 e. The number of carbonyl (C=O) groups is 1. The molecule has 1 amide bonds. The summed E-state index contributed by atoms with van der Waals surface area (Å²) in [6.07, 6.45) is 2.07. The van der Waals surface area contributed by atoms with E-state index in [1.54, 1.807) is 0 Å². The Hall–Kier alpha value is -0.780. The zero-order chi connectivity index (χ0) is 14.9. The van der Waals surface area contributed by atoms with Crippen LogP contribution in [0, 0.1) is 19.8 Å². The predicted octanol–water partition coefficient (Wildman–Crippen LogP) is 2.49. The Morgan fingerprint density at radius 1 is 1.45 bits per heavy atom. The summed E-state index contributed by atoms with van der Waals surface area (Å²) in [5.41, 5.74) is 7.83. The molecule has 7 heteroatoms. The van der Waals surface area contributed by atoms with E-state index in [0.29, 0.717) is 12.5 Å². The Bertz CT molecular complexity index is 492. The third-order valence-corrected chi connectivity index (χ3v) is 4.30. The number of nitrogens with two attached hydrogens (primary N) is 1. The van der Waals surface area contributed by atoms with Crippen LogP contribution in [-0.2, 0) is 4.79 Å². The van der Waals surface area contributed by atoms with Crippen LogP contribution in [0.15, 0.2) is 6.07 Å². The van der Waals surface area contributed by atoms with E-state index in [4.69, 9.17) is 5.73 Å². The molecule has 0 aromatic carbocycles. The summed E-state index contributed by atoms with van der Waals surface area (Å²) in [5.74, 6) is 0.787. The van der Waals surface area contributed by atoms with Crippen LogP contribution in [0.1, 0.15) is 44.1 Å². The zero-order valence-electron chi connectivity index (χ0n) is 13.8. The monoisotopic (exact) mass is 350 g/mol. The van der Waals surface area contributed by atoms with Gasteiger partial charge in [0.1, 0.15) is 6.04 Å². The van der Waals surface area contributed by atoms with Crippen molar-refractivity contribution in [2.24, 2.45) is 11.7 Å². The molecule has 3 atom stereocenters. The first-order chi connectivity index (χ1) is 9.43. The number of hydrogen-bond acceptors (Lipinski definition) is 3. The molecule has 128 valence electrons. The van der Waals surface area contributed by atoms with Crippen molar-refractivity contribution in [1.82, 2.24) is 14.7 Å². The van der Waals surface area contributed by atoms with Gasteiger partial charge in [0.15, 0.2) is 0 Å². The topological polar surface area (TPSA) is 64.2 Å². The molecule has 1 aliphatic heterocycles. The lowest BCUT2D eigenvalue weighted by Gasteiger charge is -2.39. The van der Waals surface area contributed by atoms with E-state index in [9.17, 15) is 4.79 Å². The highest BCUT2D eigenvalue weighted by Gasteiger charge is 2.32. The van der Waals surface area contributed by atoms with E-state index in [0.717, 1.165) is 30.8 Å². The molecule has 0 aliphatic carbocycles.